The van der Waals surface area contributed by atoms with E-state index in [9.17, 15) is 14.7 Å². The van der Waals surface area contributed by atoms with Gasteiger partial charge in [0.1, 0.15) is 5.75 Å². The minimum Gasteiger partial charge on any atom is -0.507 e. The van der Waals surface area contributed by atoms with Crippen molar-refractivity contribution in [3.63, 3.8) is 0 Å². The summed E-state index contributed by atoms with van der Waals surface area (Å²) in [7, 11) is 0. The predicted molar refractivity (Wildman–Crippen MR) is 95.3 cm³/mol. The van der Waals surface area contributed by atoms with Crippen LogP contribution < -0.4 is 0 Å². The normalized spacial score (nSPS) is 19.6. The Balaban J connectivity index is 1.33. The molecule has 3 heterocycles. The Morgan fingerprint density at radius 1 is 1.04 bits per heavy atom. The molecule has 1 N–H and O–H groups in total. The van der Waals surface area contributed by atoms with Gasteiger partial charge in [-0.1, -0.05) is 17.3 Å². The van der Waals surface area contributed by atoms with Crippen LogP contribution in [-0.4, -0.2) is 64.7 Å². The Hall–Kier alpha value is -3.29. The first-order valence-corrected chi connectivity index (χ1v) is 8.76. The van der Waals surface area contributed by atoms with E-state index in [1.807, 2.05) is 0 Å². The van der Waals surface area contributed by atoms with Crippen LogP contribution in [0.5, 0.6) is 5.75 Å². The van der Waals surface area contributed by atoms with Gasteiger partial charge in [-0.3, -0.25) is 9.59 Å². The molecule has 1 aromatic heterocycles. The average molecular weight is 369 g/mol. The number of nitrogens with zero attached hydrogens (tertiary/aromatic N) is 3. The van der Waals surface area contributed by atoms with Gasteiger partial charge in [-0.05, 0) is 24.3 Å². The van der Waals surface area contributed by atoms with Gasteiger partial charge in [-0.15, -0.1) is 0 Å². The second kappa shape index (κ2) is 7.14. The number of amides is 2. The third-order valence-corrected chi connectivity index (χ3v) is 4.77. The average Bonchev–Trinajstić information content (AvgIpc) is 3.39. The fraction of sp³-hybridized carbons (Fsp3) is 0.316. The largest absolute Gasteiger partial charge is 0.507 e. The molecule has 2 aliphatic rings. The van der Waals surface area contributed by atoms with Gasteiger partial charge < -0.3 is 24.2 Å². The molecule has 2 aliphatic heterocycles. The molecule has 2 amide bonds. The van der Waals surface area contributed by atoms with Crippen molar-refractivity contribution in [1.29, 1.82) is 0 Å². The zero-order valence-corrected chi connectivity index (χ0v) is 14.6. The van der Waals surface area contributed by atoms with Gasteiger partial charge in [0.15, 0.2) is 5.76 Å². The molecule has 1 saturated heterocycles. The molecular formula is C19H19N3O5. The number of para-hydroxylation sites is 1. The topological polar surface area (TPSA) is 95.6 Å². The first kappa shape index (κ1) is 17.1. The molecule has 4 rings (SSSR count). The van der Waals surface area contributed by atoms with Crippen molar-refractivity contribution in [3.05, 3.63) is 54.0 Å². The van der Waals surface area contributed by atoms with E-state index in [0.29, 0.717) is 49.6 Å². The van der Waals surface area contributed by atoms with Gasteiger partial charge in [-0.2, -0.15) is 0 Å². The van der Waals surface area contributed by atoms with Crippen molar-refractivity contribution in [1.82, 2.24) is 9.80 Å². The number of oxime groups is 1. The second-order valence-electron chi connectivity index (χ2n) is 6.45. The van der Waals surface area contributed by atoms with Crippen molar-refractivity contribution in [3.8, 4) is 5.75 Å². The lowest BCUT2D eigenvalue weighted by atomic mass is 10.0. The Labute approximate surface area is 155 Å². The molecule has 0 unspecified atom stereocenters. The van der Waals surface area contributed by atoms with Crippen LogP contribution in [0.15, 0.2) is 52.2 Å². The van der Waals surface area contributed by atoms with Crippen LogP contribution in [-0.2, 0) is 9.63 Å². The fourth-order valence-electron chi connectivity index (χ4n) is 3.28. The number of rotatable bonds is 3. The van der Waals surface area contributed by atoms with E-state index in [1.54, 1.807) is 46.2 Å². The lowest BCUT2D eigenvalue weighted by molar-refractivity contribution is -0.143. The van der Waals surface area contributed by atoms with E-state index in [1.165, 1.54) is 6.26 Å². The van der Waals surface area contributed by atoms with Crippen LogP contribution in [0.2, 0.25) is 0 Å². The van der Waals surface area contributed by atoms with Crippen molar-refractivity contribution >= 4 is 17.5 Å². The van der Waals surface area contributed by atoms with E-state index < -0.39 is 6.10 Å². The number of hydrogen-bond donors (Lipinski definition) is 1. The summed E-state index contributed by atoms with van der Waals surface area (Å²) < 4.78 is 5.14. The molecule has 140 valence electrons. The van der Waals surface area contributed by atoms with E-state index >= 15 is 0 Å². The van der Waals surface area contributed by atoms with Gasteiger partial charge in [0, 0.05) is 38.2 Å². The highest BCUT2D eigenvalue weighted by molar-refractivity contribution is 6.05. The second-order valence-corrected chi connectivity index (χ2v) is 6.45. The van der Waals surface area contributed by atoms with Gasteiger partial charge in [0.2, 0.25) is 6.10 Å². The fourth-order valence-corrected chi connectivity index (χ4v) is 3.28. The van der Waals surface area contributed by atoms with Crippen molar-refractivity contribution in [2.24, 2.45) is 5.16 Å². The van der Waals surface area contributed by atoms with Crippen LogP contribution in [0.25, 0.3) is 0 Å². The third kappa shape index (κ3) is 3.38. The molecule has 1 aromatic carbocycles. The standard InChI is InChI=1S/C19H19N3O5/c23-15-5-2-1-4-13(15)14-12-17(27-20-14)19(25)22-9-7-21(8-10-22)18(24)16-6-3-11-26-16/h1-6,11,17,23H,7-10,12H2/t17-/m0/s1. The lowest BCUT2D eigenvalue weighted by Crippen LogP contribution is -2.52. The zero-order valence-electron chi connectivity index (χ0n) is 14.6. The maximum atomic E-state index is 12.7. The lowest BCUT2D eigenvalue weighted by Gasteiger charge is -2.35. The summed E-state index contributed by atoms with van der Waals surface area (Å²) in [5.74, 6) is 0.0799. The molecular weight excluding hydrogens is 350 g/mol. The number of phenolic OH excluding ortho intramolecular Hbond substituents is 1. The number of furan rings is 1. The molecule has 2 aromatic rings. The SMILES string of the molecule is O=C(c1ccco1)N1CCN(C(=O)[C@@H]2CC(c3ccccc3O)=NO2)CC1. The number of piperazine rings is 1. The van der Waals surface area contributed by atoms with Crippen LogP contribution in [0.4, 0.5) is 0 Å². The number of aromatic hydroxyl groups is 1. The van der Waals surface area contributed by atoms with Crippen LogP contribution >= 0.6 is 0 Å². The van der Waals surface area contributed by atoms with E-state index in [0.717, 1.165) is 0 Å². The summed E-state index contributed by atoms with van der Waals surface area (Å²) in [4.78, 5) is 33.7. The summed E-state index contributed by atoms with van der Waals surface area (Å²) in [6.45, 7) is 1.73. The maximum Gasteiger partial charge on any atom is 0.289 e. The summed E-state index contributed by atoms with van der Waals surface area (Å²) >= 11 is 0. The van der Waals surface area contributed by atoms with Crippen molar-refractivity contribution in [2.45, 2.75) is 12.5 Å². The van der Waals surface area contributed by atoms with Crippen LogP contribution in [0.1, 0.15) is 22.5 Å². The molecule has 0 bridgehead atoms. The molecule has 1 fully saturated rings. The highest BCUT2D eigenvalue weighted by Crippen LogP contribution is 2.24. The first-order valence-electron chi connectivity index (χ1n) is 8.76. The van der Waals surface area contributed by atoms with Crippen LogP contribution in [0.3, 0.4) is 0 Å². The number of phenols is 1. The molecule has 1 atom stereocenters. The molecule has 0 saturated carbocycles. The van der Waals surface area contributed by atoms with E-state index in [2.05, 4.69) is 5.16 Å². The van der Waals surface area contributed by atoms with Gasteiger partial charge >= 0.3 is 0 Å². The summed E-state index contributed by atoms with van der Waals surface area (Å²) in [5.41, 5.74) is 1.12. The third-order valence-electron chi connectivity index (χ3n) is 4.77. The van der Waals surface area contributed by atoms with E-state index in [-0.39, 0.29) is 17.6 Å². The Morgan fingerprint density at radius 3 is 2.48 bits per heavy atom. The predicted octanol–water partition coefficient (Wildman–Crippen LogP) is 1.46. The number of carbonyl (C=O) groups excluding carboxylic acids is 2. The molecule has 8 heteroatoms. The minimum atomic E-state index is -0.702. The van der Waals surface area contributed by atoms with Crippen LogP contribution in [0, 0.1) is 0 Å². The quantitative estimate of drug-likeness (QED) is 0.884. The zero-order chi connectivity index (χ0) is 18.8. The smallest absolute Gasteiger partial charge is 0.289 e. The number of hydrogen-bond acceptors (Lipinski definition) is 6. The van der Waals surface area contributed by atoms with E-state index in [4.69, 9.17) is 9.25 Å². The Bertz CT molecular complexity index is 869. The molecule has 0 radical (unpaired) electrons. The highest BCUT2D eigenvalue weighted by atomic mass is 16.6. The molecule has 8 nitrogen and oxygen atoms in total. The number of benzene rings is 1. The monoisotopic (exact) mass is 369 g/mol. The van der Waals surface area contributed by atoms with Crippen molar-refractivity contribution in [2.75, 3.05) is 26.2 Å². The summed E-state index contributed by atoms with van der Waals surface area (Å²) in [6.07, 6.45) is 1.07. The summed E-state index contributed by atoms with van der Waals surface area (Å²) in [6, 6.07) is 10.1. The summed E-state index contributed by atoms with van der Waals surface area (Å²) in [5, 5.41) is 13.9. The number of carbonyl (C=O) groups is 2. The van der Waals surface area contributed by atoms with Gasteiger partial charge in [0.25, 0.3) is 11.8 Å². The molecule has 0 aliphatic carbocycles. The highest BCUT2D eigenvalue weighted by Gasteiger charge is 2.35. The van der Waals surface area contributed by atoms with Gasteiger partial charge in [0.05, 0.1) is 12.0 Å². The Morgan fingerprint density at radius 2 is 1.78 bits per heavy atom. The van der Waals surface area contributed by atoms with Crippen molar-refractivity contribution < 1.29 is 24.0 Å². The van der Waals surface area contributed by atoms with Gasteiger partial charge in [-0.25, -0.2) is 0 Å². The first-order chi connectivity index (χ1) is 13.1. The Kier molecular flexibility index (Phi) is 4.53. The molecule has 27 heavy (non-hydrogen) atoms. The minimum absolute atomic E-state index is 0.109. The maximum absolute atomic E-state index is 12.7. The molecule has 0 spiro atoms.